The predicted molar refractivity (Wildman–Crippen MR) is 66.7 cm³/mol. The van der Waals surface area contributed by atoms with Gasteiger partial charge in [-0.2, -0.15) is 4.98 Å². The average molecular weight is 237 g/mol. The Morgan fingerprint density at radius 3 is 2.76 bits per heavy atom. The van der Waals surface area contributed by atoms with Crippen molar-refractivity contribution in [1.29, 1.82) is 0 Å². The Hall–Kier alpha value is -0.900. The Morgan fingerprint density at radius 1 is 1.41 bits per heavy atom. The second-order valence-electron chi connectivity index (χ2n) is 5.46. The number of rotatable bonds is 7. The minimum atomic E-state index is 0.211. The van der Waals surface area contributed by atoms with Gasteiger partial charge in [0.2, 0.25) is 5.89 Å². The largest absolute Gasteiger partial charge is 0.339 e. The fraction of sp³-hybridized carbons (Fsp3) is 0.846. The standard InChI is InChI=1S/C13H23N3O/c1-3-10(6-9-14)4-5-11-15-12(16-17-11)13(2)7-8-13/h10H,3-9,14H2,1-2H3. The van der Waals surface area contributed by atoms with E-state index in [1.165, 1.54) is 19.3 Å². The Balaban J connectivity index is 1.84. The highest BCUT2D eigenvalue weighted by molar-refractivity contribution is 5.14. The van der Waals surface area contributed by atoms with Crippen LogP contribution in [0.3, 0.4) is 0 Å². The summed E-state index contributed by atoms with van der Waals surface area (Å²) in [6, 6.07) is 0. The maximum absolute atomic E-state index is 5.59. The molecule has 1 atom stereocenters. The molecule has 2 rings (SSSR count). The first-order chi connectivity index (χ1) is 8.18. The summed E-state index contributed by atoms with van der Waals surface area (Å²) in [5, 5.41) is 4.09. The highest BCUT2D eigenvalue weighted by Crippen LogP contribution is 2.45. The topological polar surface area (TPSA) is 64.9 Å². The smallest absolute Gasteiger partial charge is 0.226 e. The number of hydrogen-bond acceptors (Lipinski definition) is 4. The van der Waals surface area contributed by atoms with Gasteiger partial charge < -0.3 is 10.3 Å². The van der Waals surface area contributed by atoms with E-state index in [4.69, 9.17) is 10.3 Å². The van der Waals surface area contributed by atoms with E-state index in [2.05, 4.69) is 24.0 Å². The molecule has 1 aromatic rings. The summed E-state index contributed by atoms with van der Waals surface area (Å²) in [6.45, 7) is 5.18. The van der Waals surface area contributed by atoms with Gasteiger partial charge in [0.25, 0.3) is 0 Å². The number of aromatic nitrogens is 2. The molecule has 0 aliphatic heterocycles. The van der Waals surface area contributed by atoms with Crippen LogP contribution in [-0.2, 0) is 11.8 Å². The van der Waals surface area contributed by atoms with E-state index < -0.39 is 0 Å². The lowest BCUT2D eigenvalue weighted by Gasteiger charge is -2.11. The zero-order valence-electron chi connectivity index (χ0n) is 10.9. The van der Waals surface area contributed by atoms with Gasteiger partial charge in [0.1, 0.15) is 0 Å². The Kier molecular flexibility index (Phi) is 3.82. The van der Waals surface area contributed by atoms with E-state index in [9.17, 15) is 0 Å². The van der Waals surface area contributed by atoms with Crippen molar-refractivity contribution in [3.63, 3.8) is 0 Å². The van der Waals surface area contributed by atoms with Crippen LogP contribution in [0.25, 0.3) is 0 Å². The molecule has 1 unspecified atom stereocenters. The molecule has 1 saturated carbocycles. The Bertz CT molecular complexity index is 357. The normalized spacial score (nSPS) is 19.2. The van der Waals surface area contributed by atoms with Crippen molar-refractivity contribution in [3.05, 3.63) is 11.7 Å². The molecule has 1 fully saturated rings. The van der Waals surface area contributed by atoms with Crippen molar-refractivity contribution in [1.82, 2.24) is 10.1 Å². The van der Waals surface area contributed by atoms with Crippen LogP contribution in [0.1, 0.15) is 57.7 Å². The summed E-state index contributed by atoms with van der Waals surface area (Å²) in [6.07, 6.45) is 6.65. The molecule has 4 heteroatoms. The lowest BCUT2D eigenvalue weighted by Crippen LogP contribution is -2.09. The number of hydrogen-bond donors (Lipinski definition) is 1. The van der Waals surface area contributed by atoms with Gasteiger partial charge >= 0.3 is 0 Å². The number of nitrogens with zero attached hydrogens (tertiary/aromatic N) is 2. The number of nitrogens with two attached hydrogens (primary N) is 1. The number of aryl methyl sites for hydroxylation is 1. The minimum Gasteiger partial charge on any atom is -0.339 e. The lowest BCUT2D eigenvalue weighted by molar-refractivity contribution is 0.348. The van der Waals surface area contributed by atoms with Gasteiger partial charge in [0.05, 0.1) is 0 Å². The first-order valence-electron chi connectivity index (χ1n) is 6.71. The third-order valence-corrected chi connectivity index (χ3v) is 3.93. The van der Waals surface area contributed by atoms with Crippen molar-refractivity contribution >= 4 is 0 Å². The molecular weight excluding hydrogens is 214 g/mol. The summed E-state index contributed by atoms with van der Waals surface area (Å²) in [5.41, 5.74) is 5.80. The van der Waals surface area contributed by atoms with Gasteiger partial charge in [-0.15, -0.1) is 0 Å². The van der Waals surface area contributed by atoms with Crippen LogP contribution in [0.4, 0.5) is 0 Å². The molecule has 0 spiro atoms. The van der Waals surface area contributed by atoms with Crippen LogP contribution < -0.4 is 5.73 Å². The molecule has 0 radical (unpaired) electrons. The molecule has 1 aliphatic rings. The van der Waals surface area contributed by atoms with Crippen LogP contribution in [0.5, 0.6) is 0 Å². The highest BCUT2D eigenvalue weighted by atomic mass is 16.5. The van der Waals surface area contributed by atoms with Crippen molar-refractivity contribution < 1.29 is 4.52 Å². The maximum Gasteiger partial charge on any atom is 0.226 e. The van der Waals surface area contributed by atoms with Gasteiger partial charge in [-0.05, 0) is 38.1 Å². The summed E-state index contributed by atoms with van der Waals surface area (Å²) in [7, 11) is 0. The van der Waals surface area contributed by atoms with Crippen LogP contribution in [0.15, 0.2) is 4.52 Å². The van der Waals surface area contributed by atoms with Crippen molar-refractivity contribution in [2.75, 3.05) is 6.54 Å². The summed E-state index contributed by atoms with van der Waals surface area (Å²) < 4.78 is 5.31. The summed E-state index contributed by atoms with van der Waals surface area (Å²) >= 11 is 0. The van der Waals surface area contributed by atoms with Gasteiger partial charge in [-0.3, -0.25) is 0 Å². The van der Waals surface area contributed by atoms with E-state index in [0.717, 1.165) is 37.5 Å². The zero-order valence-corrected chi connectivity index (χ0v) is 10.9. The van der Waals surface area contributed by atoms with Gasteiger partial charge in [0.15, 0.2) is 5.82 Å². The first kappa shape index (κ1) is 12.6. The third kappa shape index (κ3) is 3.06. The first-order valence-corrected chi connectivity index (χ1v) is 6.71. The lowest BCUT2D eigenvalue weighted by atomic mass is 9.97. The zero-order chi connectivity index (χ0) is 12.3. The SMILES string of the molecule is CCC(CCN)CCc1nc(C2(C)CC2)no1. The molecule has 1 aromatic heterocycles. The maximum atomic E-state index is 5.59. The quantitative estimate of drug-likeness (QED) is 0.791. The van der Waals surface area contributed by atoms with E-state index in [1.54, 1.807) is 0 Å². The van der Waals surface area contributed by atoms with E-state index in [-0.39, 0.29) is 5.41 Å². The van der Waals surface area contributed by atoms with Crippen LogP contribution in [0.2, 0.25) is 0 Å². The highest BCUT2D eigenvalue weighted by Gasteiger charge is 2.43. The Morgan fingerprint density at radius 2 is 2.18 bits per heavy atom. The van der Waals surface area contributed by atoms with Gasteiger partial charge in [0, 0.05) is 11.8 Å². The molecule has 0 aromatic carbocycles. The fourth-order valence-electron chi connectivity index (χ4n) is 2.13. The van der Waals surface area contributed by atoms with Crippen molar-refractivity contribution in [2.24, 2.45) is 11.7 Å². The van der Waals surface area contributed by atoms with Crippen LogP contribution >= 0.6 is 0 Å². The molecule has 1 aliphatic carbocycles. The van der Waals surface area contributed by atoms with Gasteiger partial charge in [-0.25, -0.2) is 0 Å². The predicted octanol–water partition coefficient (Wildman–Crippen LogP) is 2.43. The van der Waals surface area contributed by atoms with Crippen molar-refractivity contribution in [2.45, 2.75) is 57.8 Å². The van der Waals surface area contributed by atoms with E-state index in [0.29, 0.717) is 5.92 Å². The molecule has 4 nitrogen and oxygen atoms in total. The molecule has 0 saturated heterocycles. The molecule has 17 heavy (non-hydrogen) atoms. The molecule has 0 bridgehead atoms. The molecule has 2 N–H and O–H groups in total. The molecule has 0 amide bonds. The summed E-state index contributed by atoms with van der Waals surface area (Å²) in [4.78, 5) is 4.50. The fourth-order valence-corrected chi connectivity index (χ4v) is 2.13. The second kappa shape index (κ2) is 5.17. The van der Waals surface area contributed by atoms with Crippen LogP contribution in [-0.4, -0.2) is 16.7 Å². The monoisotopic (exact) mass is 237 g/mol. The van der Waals surface area contributed by atoms with Gasteiger partial charge in [-0.1, -0.05) is 25.4 Å². The van der Waals surface area contributed by atoms with E-state index >= 15 is 0 Å². The van der Waals surface area contributed by atoms with Crippen LogP contribution in [0, 0.1) is 5.92 Å². The minimum absolute atomic E-state index is 0.211. The average Bonchev–Trinajstić information content (AvgIpc) is 2.91. The van der Waals surface area contributed by atoms with E-state index in [1.807, 2.05) is 0 Å². The third-order valence-electron chi connectivity index (χ3n) is 3.93. The molecule has 96 valence electrons. The second-order valence-corrected chi connectivity index (χ2v) is 5.46. The summed E-state index contributed by atoms with van der Waals surface area (Å²) in [5.74, 6) is 2.38. The van der Waals surface area contributed by atoms with Crippen molar-refractivity contribution in [3.8, 4) is 0 Å². The Labute approximate surface area is 103 Å². The molecular formula is C13H23N3O. The molecule has 1 heterocycles.